The number of nitrogens with two attached hydrogens (primary N) is 1. The lowest BCUT2D eigenvalue weighted by Crippen LogP contribution is -2.35. The Morgan fingerprint density at radius 2 is 1.82 bits per heavy atom. The molecule has 0 bridgehead atoms. The summed E-state index contributed by atoms with van der Waals surface area (Å²) in [6.07, 6.45) is 0. The molecule has 1 aliphatic rings. The number of benzene rings is 1. The van der Waals surface area contributed by atoms with Gasteiger partial charge in [0.15, 0.2) is 0 Å². The van der Waals surface area contributed by atoms with Crippen molar-refractivity contribution in [3.05, 3.63) is 30.3 Å². The zero-order chi connectivity index (χ0) is 16.5. The van der Waals surface area contributed by atoms with Gasteiger partial charge in [-0.3, -0.25) is 9.59 Å². The summed E-state index contributed by atoms with van der Waals surface area (Å²) in [6.45, 7) is -0.167. The maximum atomic E-state index is 12.0. The van der Waals surface area contributed by atoms with Gasteiger partial charge in [-0.15, -0.1) is 0 Å². The van der Waals surface area contributed by atoms with Crippen molar-refractivity contribution in [1.82, 2.24) is 4.72 Å². The molecule has 5 N–H and O–H groups in total. The zero-order valence-corrected chi connectivity index (χ0v) is 12.2. The average molecular weight is 328 g/mol. The highest BCUT2D eigenvalue weighted by Crippen LogP contribution is 2.48. The highest BCUT2D eigenvalue weighted by molar-refractivity contribution is 7.89. The van der Waals surface area contributed by atoms with Gasteiger partial charge in [-0.1, -0.05) is 18.2 Å². The summed E-state index contributed by atoms with van der Waals surface area (Å²) in [7, 11) is -3.77. The lowest BCUT2D eigenvalue weighted by atomic mass is 10.1. The highest BCUT2D eigenvalue weighted by Gasteiger charge is 2.59. The number of carboxylic acids is 2. The predicted octanol–water partition coefficient (Wildman–Crippen LogP) is -0.676. The number of hydrogen-bond acceptors (Lipinski definition) is 5. The van der Waals surface area contributed by atoms with Gasteiger partial charge in [0.25, 0.3) is 0 Å². The summed E-state index contributed by atoms with van der Waals surface area (Å²) in [4.78, 5) is 22.0. The molecule has 9 heteroatoms. The van der Waals surface area contributed by atoms with Crippen LogP contribution in [0.3, 0.4) is 0 Å². The van der Waals surface area contributed by atoms with E-state index < -0.39 is 45.8 Å². The summed E-state index contributed by atoms with van der Waals surface area (Å²) in [5.74, 6) is -4.85. The number of nitrogens with one attached hydrogen (secondary N) is 1. The third kappa shape index (κ3) is 3.26. The van der Waals surface area contributed by atoms with Gasteiger partial charge in [-0.05, 0) is 18.1 Å². The predicted molar refractivity (Wildman–Crippen MR) is 75.3 cm³/mol. The number of hydrogen-bond donors (Lipinski definition) is 4. The van der Waals surface area contributed by atoms with E-state index in [2.05, 4.69) is 4.72 Å². The third-order valence-electron chi connectivity index (χ3n) is 3.78. The molecular weight excluding hydrogens is 312 g/mol. The van der Waals surface area contributed by atoms with Crippen molar-refractivity contribution >= 4 is 22.0 Å². The first-order chi connectivity index (χ1) is 10.3. The molecule has 0 aromatic heterocycles. The van der Waals surface area contributed by atoms with Crippen molar-refractivity contribution in [1.29, 1.82) is 0 Å². The van der Waals surface area contributed by atoms with Gasteiger partial charge in [0.1, 0.15) is 6.04 Å². The summed E-state index contributed by atoms with van der Waals surface area (Å²) in [6, 6.07) is 6.29. The summed E-state index contributed by atoms with van der Waals surface area (Å²) < 4.78 is 26.4. The minimum atomic E-state index is -3.77. The van der Waals surface area contributed by atoms with Crippen LogP contribution in [0.15, 0.2) is 35.2 Å². The summed E-state index contributed by atoms with van der Waals surface area (Å²) in [5, 5.41) is 17.9. The Morgan fingerprint density at radius 1 is 1.23 bits per heavy atom. The van der Waals surface area contributed by atoms with Gasteiger partial charge >= 0.3 is 11.9 Å². The molecule has 1 saturated carbocycles. The Hall–Kier alpha value is -1.97. The molecule has 120 valence electrons. The molecule has 1 fully saturated rings. The van der Waals surface area contributed by atoms with E-state index in [9.17, 15) is 18.0 Å². The van der Waals surface area contributed by atoms with Crippen LogP contribution < -0.4 is 10.5 Å². The van der Waals surface area contributed by atoms with Crippen molar-refractivity contribution < 1.29 is 28.2 Å². The first kappa shape index (κ1) is 16.4. The molecule has 1 aromatic rings. The molecule has 0 saturated heterocycles. The summed E-state index contributed by atoms with van der Waals surface area (Å²) in [5.41, 5.74) is 5.45. The van der Waals surface area contributed by atoms with Crippen LogP contribution >= 0.6 is 0 Å². The van der Waals surface area contributed by atoms with E-state index in [1.807, 2.05) is 0 Å². The molecule has 1 aromatic carbocycles. The number of sulfonamides is 1. The van der Waals surface area contributed by atoms with Gasteiger partial charge in [-0.2, -0.15) is 0 Å². The van der Waals surface area contributed by atoms with Crippen LogP contribution in [-0.2, 0) is 19.6 Å². The van der Waals surface area contributed by atoms with Crippen LogP contribution in [0, 0.1) is 17.8 Å². The first-order valence-electron chi connectivity index (χ1n) is 6.51. The minimum absolute atomic E-state index is 0.0570. The van der Waals surface area contributed by atoms with E-state index in [1.165, 1.54) is 12.1 Å². The van der Waals surface area contributed by atoms with E-state index in [0.717, 1.165) is 0 Å². The van der Waals surface area contributed by atoms with Crippen LogP contribution in [0.1, 0.15) is 0 Å². The third-order valence-corrected chi connectivity index (χ3v) is 5.22. The van der Waals surface area contributed by atoms with Gasteiger partial charge in [0, 0.05) is 12.5 Å². The molecule has 0 amide bonds. The lowest BCUT2D eigenvalue weighted by Gasteiger charge is -2.07. The maximum absolute atomic E-state index is 12.0. The topological polar surface area (TPSA) is 147 Å². The van der Waals surface area contributed by atoms with Gasteiger partial charge in [0.05, 0.1) is 10.8 Å². The fourth-order valence-corrected chi connectivity index (χ4v) is 3.65. The van der Waals surface area contributed by atoms with E-state index in [1.54, 1.807) is 18.2 Å². The van der Waals surface area contributed by atoms with E-state index in [0.29, 0.717) is 0 Å². The second-order valence-electron chi connectivity index (χ2n) is 5.13. The number of aliphatic carboxylic acids is 2. The molecule has 2 rings (SSSR count). The Kier molecular flexibility index (Phi) is 4.50. The molecule has 8 nitrogen and oxygen atoms in total. The minimum Gasteiger partial charge on any atom is -0.481 e. The van der Waals surface area contributed by atoms with E-state index >= 15 is 0 Å². The maximum Gasteiger partial charge on any atom is 0.320 e. The molecular formula is C13H16N2O6S. The molecule has 0 aliphatic heterocycles. The lowest BCUT2D eigenvalue weighted by molar-refractivity contribution is -0.140. The van der Waals surface area contributed by atoms with Gasteiger partial charge in [0.2, 0.25) is 10.0 Å². The van der Waals surface area contributed by atoms with Crippen molar-refractivity contribution in [2.45, 2.75) is 10.9 Å². The molecule has 4 atom stereocenters. The molecule has 0 radical (unpaired) electrons. The fourth-order valence-electron chi connectivity index (χ4n) is 2.55. The Labute approximate surface area is 127 Å². The molecule has 0 heterocycles. The second kappa shape index (κ2) is 6.03. The van der Waals surface area contributed by atoms with Crippen molar-refractivity contribution in [3.8, 4) is 0 Å². The molecule has 1 aliphatic carbocycles. The molecule has 3 unspecified atom stereocenters. The van der Waals surface area contributed by atoms with Gasteiger partial charge in [-0.25, -0.2) is 13.1 Å². The van der Waals surface area contributed by atoms with Gasteiger partial charge < -0.3 is 15.9 Å². The SMILES string of the molecule is N[C@H](C(=O)O)C1C(CNS(=O)(=O)c2ccccc2)C1C(=O)O. The standard InChI is InChI=1S/C13H16N2O6S/c14-11(13(18)19)9-8(10(9)12(16)17)6-15-22(20,21)7-4-2-1-3-5-7/h1-5,8-11,15H,6,14H2,(H,16,17)(H,18,19)/t8?,9?,10?,11-/m0/s1. The summed E-state index contributed by atoms with van der Waals surface area (Å²) >= 11 is 0. The van der Waals surface area contributed by atoms with E-state index in [4.69, 9.17) is 15.9 Å². The monoisotopic (exact) mass is 328 g/mol. The number of carboxylic acid groups (broad SMARTS) is 2. The Balaban J connectivity index is 2.05. The largest absolute Gasteiger partial charge is 0.481 e. The van der Waals surface area contributed by atoms with Crippen LogP contribution in [0.2, 0.25) is 0 Å². The quantitative estimate of drug-likeness (QED) is 0.518. The van der Waals surface area contributed by atoms with Crippen LogP contribution in [-0.4, -0.2) is 43.2 Å². The first-order valence-corrected chi connectivity index (χ1v) is 8.00. The van der Waals surface area contributed by atoms with Crippen molar-refractivity contribution in [2.24, 2.45) is 23.5 Å². The number of carbonyl (C=O) groups is 2. The fraction of sp³-hybridized carbons (Fsp3) is 0.385. The van der Waals surface area contributed by atoms with Crippen molar-refractivity contribution in [2.75, 3.05) is 6.54 Å². The molecule has 22 heavy (non-hydrogen) atoms. The normalized spacial score (nSPS) is 25.4. The van der Waals surface area contributed by atoms with Crippen LogP contribution in [0.25, 0.3) is 0 Å². The second-order valence-corrected chi connectivity index (χ2v) is 6.90. The van der Waals surface area contributed by atoms with Crippen LogP contribution in [0.5, 0.6) is 0 Å². The Bertz CT molecular complexity index is 675. The highest BCUT2D eigenvalue weighted by atomic mass is 32.2. The average Bonchev–Trinajstić information content (AvgIpc) is 3.20. The Morgan fingerprint density at radius 3 is 2.32 bits per heavy atom. The number of rotatable bonds is 7. The van der Waals surface area contributed by atoms with Crippen molar-refractivity contribution in [3.63, 3.8) is 0 Å². The van der Waals surface area contributed by atoms with E-state index in [-0.39, 0.29) is 11.4 Å². The molecule has 0 spiro atoms. The zero-order valence-electron chi connectivity index (χ0n) is 11.4. The van der Waals surface area contributed by atoms with Crippen LogP contribution in [0.4, 0.5) is 0 Å². The smallest absolute Gasteiger partial charge is 0.320 e.